The molecule has 0 aliphatic heterocycles. The van der Waals surface area contributed by atoms with E-state index in [1.807, 2.05) is 4.68 Å². The molecule has 0 aromatic carbocycles. The van der Waals surface area contributed by atoms with E-state index in [0.717, 1.165) is 18.0 Å². The van der Waals surface area contributed by atoms with E-state index in [2.05, 4.69) is 25.5 Å². The predicted octanol–water partition coefficient (Wildman–Crippen LogP) is 1.31. The highest BCUT2D eigenvalue weighted by atomic mass is 32.2. The van der Waals surface area contributed by atoms with Gasteiger partial charge in [0, 0.05) is 6.20 Å². The van der Waals surface area contributed by atoms with Crippen molar-refractivity contribution in [1.82, 2.24) is 30.2 Å². The van der Waals surface area contributed by atoms with Crippen LogP contribution in [0.3, 0.4) is 0 Å². The van der Waals surface area contributed by atoms with Gasteiger partial charge in [-0.15, -0.1) is 5.10 Å². The zero-order valence-corrected chi connectivity index (χ0v) is 10.5. The van der Waals surface area contributed by atoms with Crippen LogP contribution in [-0.4, -0.2) is 30.2 Å². The minimum atomic E-state index is 0.406. The van der Waals surface area contributed by atoms with Crippen LogP contribution in [0.25, 0.3) is 0 Å². The number of hydrogen-bond acceptors (Lipinski definition) is 7. The number of hydrogen-bond donors (Lipinski definition) is 1. The Hall–Kier alpha value is -1.70. The lowest BCUT2D eigenvalue weighted by Gasteiger charge is -2.09. The predicted molar refractivity (Wildman–Crippen MR) is 65.9 cm³/mol. The van der Waals surface area contributed by atoms with Crippen molar-refractivity contribution in [2.45, 2.75) is 42.0 Å². The summed E-state index contributed by atoms with van der Waals surface area (Å²) in [5, 5.41) is 13.1. The normalized spacial score (nSPS) is 16.2. The highest BCUT2D eigenvalue weighted by molar-refractivity contribution is 7.99. The van der Waals surface area contributed by atoms with Crippen LogP contribution in [0.4, 0.5) is 5.82 Å². The largest absolute Gasteiger partial charge is 0.384 e. The van der Waals surface area contributed by atoms with Gasteiger partial charge in [0.2, 0.25) is 5.16 Å². The lowest BCUT2D eigenvalue weighted by Crippen LogP contribution is -2.08. The molecule has 8 heteroatoms. The molecule has 1 saturated carbocycles. The molecule has 18 heavy (non-hydrogen) atoms. The van der Waals surface area contributed by atoms with Crippen molar-refractivity contribution in [3.63, 3.8) is 0 Å². The molecular weight excluding hydrogens is 250 g/mol. The van der Waals surface area contributed by atoms with E-state index < -0.39 is 0 Å². The van der Waals surface area contributed by atoms with Crippen molar-refractivity contribution in [2.24, 2.45) is 0 Å². The Morgan fingerprint density at radius 3 is 2.94 bits per heavy atom. The molecule has 2 aromatic heterocycles. The molecule has 94 valence electrons. The Morgan fingerprint density at radius 2 is 2.17 bits per heavy atom. The standard InChI is InChI=1S/C10H13N7S/c11-8-5-6-12-9(13-8)18-10-14-15-16-17(10)7-3-1-2-4-7/h5-7H,1-4H2,(H2,11,12,13). The maximum Gasteiger partial charge on any atom is 0.217 e. The Kier molecular flexibility index (Phi) is 3.09. The average Bonchev–Trinajstić information content (AvgIpc) is 2.98. The van der Waals surface area contributed by atoms with E-state index in [-0.39, 0.29) is 0 Å². The van der Waals surface area contributed by atoms with Gasteiger partial charge in [-0.2, -0.15) is 0 Å². The van der Waals surface area contributed by atoms with Gasteiger partial charge in [0.05, 0.1) is 6.04 Å². The van der Waals surface area contributed by atoms with Crippen molar-refractivity contribution in [3.05, 3.63) is 12.3 Å². The molecule has 2 heterocycles. The van der Waals surface area contributed by atoms with E-state index >= 15 is 0 Å². The summed E-state index contributed by atoms with van der Waals surface area (Å²) in [5.41, 5.74) is 5.62. The lowest BCUT2D eigenvalue weighted by atomic mass is 10.3. The number of rotatable bonds is 3. The first-order chi connectivity index (χ1) is 8.83. The third-order valence-electron chi connectivity index (χ3n) is 2.97. The summed E-state index contributed by atoms with van der Waals surface area (Å²) in [6.45, 7) is 0. The number of nitrogens with two attached hydrogens (primary N) is 1. The van der Waals surface area contributed by atoms with Gasteiger partial charge in [0.1, 0.15) is 5.82 Å². The smallest absolute Gasteiger partial charge is 0.217 e. The lowest BCUT2D eigenvalue weighted by molar-refractivity contribution is 0.423. The Bertz CT molecular complexity index is 535. The van der Waals surface area contributed by atoms with Crippen LogP contribution in [0.5, 0.6) is 0 Å². The van der Waals surface area contributed by atoms with Gasteiger partial charge in [-0.3, -0.25) is 0 Å². The molecule has 0 radical (unpaired) electrons. The quantitative estimate of drug-likeness (QED) is 0.834. The summed E-state index contributed by atoms with van der Waals surface area (Å²) in [6.07, 6.45) is 6.38. The van der Waals surface area contributed by atoms with Crippen LogP contribution in [0.15, 0.2) is 22.6 Å². The summed E-state index contributed by atoms with van der Waals surface area (Å²) in [5.74, 6) is 0.451. The number of aromatic nitrogens is 6. The molecule has 7 nitrogen and oxygen atoms in total. The first-order valence-electron chi connectivity index (χ1n) is 5.87. The van der Waals surface area contributed by atoms with Crippen LogP contribution >= 0.6 is 11.8 Å². The van der Waals surface area contributed by atoms with Gasteiger partial charge in [-0.1, -0.05) is 12.8 Å². The summed E-state index contributed by atoms with van der Waals surface area (Å²) in [4.78, 5) is 8.28. The molecule has 1 aliphatic carbocycles. The van der Waals surface area contributed by atoms with Crippen molar-refractivity contribution >= 4 is 17.6 Å². The van der Waals surface area contributed by atoms with Crippen molar-refractivity contribution < 1.29 is 0 Å². The maximum atomic E-state index is 5.62. The van der Waals surface area contributed by atoms with Crippen LogP contribution in [0, 0.1) is 0 Å². The van der Waals surface area contributed by atoms with Gasteiger partial charge in [0.15, 0.2) is 5.16 Å². The molecule has 3 rings (SSSR count). The number of nitrogens with zero attached hydrogens (tertiary/aromatic N) is 6. The van der Waals surface area contributed by atoms with E-state index in [9.17, 15) is 0 Å². The molecule has 0 saturated heterocycles. The molecule has 0 bridgehead atoms. The van der Waals surface area contributed by atoms with Crippen LogP contribution in [-0.2, 0) is 0 Å². The van der Waals surface area contributed by atoms with E-state index in [1.54, 1.807) is 12.3 Å². The summed E-state index contributed by atoms with van der Waals surface area (Å²) in [7, 11) is 0. The fourth-order valence-electron chi connectivity index (χ4n) is 2.12. The molecule has 2 aromatic rings. The average molecular weight is 263 g/mol. The summed E-state index contributed by atoms with van der Waals surface area (Å²) in [6, 6.07) is 2.06. The zero-order valence-electron chi connectivity index (χ0n) is 9.73. The number of nitrogen functional groups attached to an aromatic ring is 1. The summed E-state index contributed by atoms with van der Waals surface area (Å²) < 4.78 is 1.88. The van der Waals surface area contributed by atoms with Gasteiger partial charge < -0.3 is 5.73 Å². The molecule has 0 amide bonds. The molecule has 1 aliphatic rings. The molecule has 0 unspecified atom stereocenters. The molecule has 0 atom stereocenters. The van der Waals surface area contributed by atoms with Crippen LogP contribution in [0.2, 0.25) is 0 Å². The maximum absolute atomic E-state index is 5.62. The topological polar surface area (TPSA) is 95.4 Å². The second-order valence-electron chi connectivity index (χ2n) is 4.21. The fourth-order valence-corrected chi connectivity index (χ4v) is 2.90. The van der Waals surface area contributed by atoms with Gasteiger partial charge >= 0.3 is 0 Å². The van der Waals surface area contributed by atoms with Crippen molar-refractivity contribution in [1.29, 1.82) is 0 Å². The zero-order chi connectivity index (χ0) is 12.4. The summed E-state index contributed by atoms with van der Waals surface area (Å²) >= 11 is 1.35. The minimum Gasteiger partial charge on any atom is -0.384 e. The van der Waals surface area contributed by atoms with E-state index in [4.69, 9.17) is 5.73 Å². The highest BCUT2D eigenvalue weighted by Gasteiger charge is 2.22. The number of anilines is 1. The molecular formula is C10H13N7S. The van der Waals surface area contributed by atoms with E-state index in [1.165, 1.54) is 24.6 Å². The molecule has 1 fully saturated rings. The van der Waals surface area contributed by atoms with Gasteiger partial charge in [-0.25, -0.2) is 14.6 Å². The molecule has 2 N–H and O–H groups in total. The van der Waals surface area contributed by atoms with Gasteiger partial charge in [-0.05, 0) is 41.1 Å². The second-order valence-corrected chi connectivity index (χ2v) is 5.14. The first kappa shape index (κ1) is 11.4. The van der Waals surface area contributed by atoms with Crippen molar-refractivity contribution in [3.8, 4) is 0 Å². The second kappa shape index (κ2) is 4.89. The monoisotopic (exact) mass is 263 g/mol. The first-order valence-corrected chi connectivity index (χ1v) is 6.69. The Balaban J connectivity index is 1.82. The van der Waals surface area contributed by atoms with E-state index in [0.29, 0.717) is 17.0 Å². The third-order valence-corrected chi connectivity index (χ3v) is 3.80. The minimum absolute atomic E-state index is 0.406. The van der Waals surface area contributed by atoms with Crippen LogP contribution < -0.4 is 5.73 Å². The number of tetrazole rings is 1. The van der Waals surface area contributed by atoms with Gasteiger partial charge in [0.25, 0.3) is 0 Å². The third kappa shape index (κ3) is 2.28. The molecule has 0 spiro atoms. The highest BCUT2D eigenvalue weighted by Crippen LogP contribution is 2.32. The fraction of sp³-hybridized carbons (Fsp3) is 0.500. The van der Waals surface area contributed by atoms with Crippen molar-refractivity contribution in [2.75, 3.05) is 5.73 Å². The Labute approximate surface area is 108 Å². The van der Waals surface area contributed by atoms with Crippen LogP contribution in [0.1, 0.15) is 31.7 Å². The SMILES string of the molecule is Nc1ccnc(Sc2nnnn2C2CCCC2)n1. The Morgan fingerprint density at radius 1 is 1.33 bits per heavy atom.